The first-order chi connectivity index (χ1) is 13.4. The van der Waals surface area contributed by atoms with Gasteiger partial charge in [-0.3, -0.25) is 9.59 Å². The minimum absolute atomic E-state index is 0.0445. The van der Waals surface area contributed by atoms with Gasteiger partial charge in [0.25, 0.3) is 5.91 Å². The van der Waals surface area contributed by atoms with E-state index >= 15 is 0 Å². The number of aryl methyl sites for hydroxylation is 1. The first-order valence-electron chi connectivity index (χ1n) is 9.99. The number of phenols is 1. The normalized spacial score (nSPS) is 26.1. The number of carbonyl (C=O) groups is 2. The molecule has 1 heterocycles. The van der Waals surface area contributed by atoms with Crippen molar-refractivity contribution in [3.63, 3.8) is 0 Å². The molecule has 1 aromatic carbocycles. The minimum atomic E-state index is -0.314. The molecular formula is C21H30N2O5. The van der Waals surface area contributed by atoms with Crippen molar-refractivity contribution in [2.75, 3.05) is 20.2 Å². The molecule has 0 radical (unpaired) electrons. The van der Waals surface area contributed by atoms with Crippen LogP contribution in [-0.2, 0) is 9.53 Å². The molecule has 1 aliphatic heterocycles. The zero-order chi connectivity index (χ0) is 20.3. The Morgan fingerprint density at radius 1 is 1.18 bits per heavy atom. The Balaban J connectivity index is 1.67. The molecule has 0 spiro atoms. The molecule has 28 heavy (non-hydrogen) atoms. The molecule has 2 aliphatic rings. The monoisotopic (exact) mass is 390 g/mol. The van der Waals surface area contributed by atoms with Crippen LogP contribution in [0.3, 0.4) is 0 Å². The van der Waals surface area contributed by atoms with Crippen LogP contribution in [-0.4, -0.2) is 65.4 Å². The first-order valence-corrected chi connectivity index (χ1v) is 9.99. The Morgan fingerprint density at radius 2 is 1.89 bits per heavy atom. The molecular weight excluding hydrogens is 360 g/mol. The number of rotatable bonds is 4. The van der Waals surface area contributed by atoms with Crippen molar-refractivity contribution >= 4 is 11.8 Å². The summed E-state index contributed by atoms with van der Waals surface area (Å²) in [5.41, 5.74) is 1.20. The van der Waals surface area contributed by atoms with Crippen molar-refractivity contribution in [3.8, 4) is 5.75 Å². The minimum Gasteiger partial charge on any atom is -0.508 e. The predicted molar refractivity (Wildman–Crippen MR) is 104 cm³/mol. The number of phenolic OH excluding ortho intramolecular Hbond substituents is 1. The molecule has 7 heteroatoms. The number of methoxy groups -OCH3 is 1. The maximum atomic E-state index is 12.9. The van der Waals surface area contributed by atoms with Gasteiger partial charge in [-0.1, -0.05) is 6.07 Å². The summed E-state index contributed by atoms with van der Waals surface area (Å²) in [7, 11) is 1.62. The van der Waals surface area contributed by atoms with Crippen molar-refractivity contribution in [2.45, 2.75) is 57.3 Å². The molecule has 1 saturated heterocycles. The van der Waals surface area contributed by atoms with Crippen molar-refractivity contribution in [1.29, 1.82) is 0 Å². The lowest BCUT2D eigenvalue weighted by molar-refractivity contribution is -0.140. The van der Waals surface area contributed by atoms with Gasteiger partial charge in [0.2, 0.25) is 5.91 Å². The quantitative estimate of drug-likeness (QED) is 0.725. The maximum Gasteiger partial charge on any atom is 0.251 e. The highest BCUT2D eigenvalue weighted by atomic mass is 16.5. The van der Waals surface area contributed by atoms with Crippen molar-refractivity contribution in [3.05, 3.63) is 29.3 Å². The van der Waals surface area contributed by atoms with Crippen LogP contribution in [0, 0.1) is 12.8 Å². The van der Waals surface area contributed by atoms with E-state index in [4.69, 9.17) is 4.74 Å². The molecule has 2 amide bonds. The standard InChI is InChI=1S/C21H30N2O5/c1-13-3-5-16(25)12-17(13)20(26)22-18-11-14(4-6-19(18)28-2)21(27)23-9-7-15(24)8-10-23/h3,5,12,14-15,18-19,24-25H,4,6-11H2,1-2H3,(H,22,26)/t14-,18+,19+/m0/s1. The number of nitrogens with zero attached hydrogens (tertiary/aromatic N) is 1. The summed E-state index contributed by atoms with van der Waals surface area (Å²) in [4.78, 5) is 27.5. The molecule has 7 nitrogen and oxygen atoms in total. The van der Waals surface area contributed by atoms with Gasteiger partial charge in [0.1, 0.15) is 5.75 Å². The number of hydrogen-bond donors (Lipinski definition) is 3. The number of nitrogens with one attached hydrogen (secondary N) is 1. The van der Waals surface area contributed by atoms with Crippen LogP contribution in [0.4, 0.5) is 0 Å². The molecule has 0 unspecified atom stereocenters. The van der Waals surface area contributed by atoms with Gasteiger partial charge in [0.15, 0.2) is 0 Å². The average molecular weight is 390 g/mol. The topological polar surface area (TPSA) is 99.1 Å². The Labute approximate surface area is 165 Å². The number of aromatic hydroxyl groups is 1. The Kier molecular flexibility index (Phi) is 6.57. The summed E-state index contributed by atoms with van der Waals surface area (Å²) in [6.45, 7) is 2.99. The van der Waals surface area contributed by atoms with Crippen LogP contribution in [0.1, 0.15) is 48.0 Å². The first kappa shape index (κ1) is 20.6. The fourth-order valence-electron chi connectivity index (χ4n) is 4.25. The van der Waals surface area contributed by atoms with Crippen LogP contribution < -0.4 is 5.32 Å². The second kappa shape index (κ2) is 8.92. The van der Waals surface area contributed by atoms with E-state index in [1.54, 1.807) is 19.2 Å². The Bertz CT molecular complexity index is 715. The lowest BCUT2D eigenvalue weighted by atomic mass is 9.82. The summed E-state index contributed by atoms with van der Waals surface area (Å²) < 4.78 is 5.56. The van der Waals surface area contributed by atoms with Gasteiger partial charge in [-0.25, -0.2) is 0 Å². The zero-order valence-corrected chi connectivity index (χ0v) is 16.6. The molecule has 154 valence electrons. The number of aliphatic hydroxyl groups is 1. The van der Waals surface area contributed by atoms with E-state index in [1.165, 1.54) is 6.07 Å². The van der Waals surface area contributed by atoms with E-state index in [9.17, 15) is 19.8 Å². The summed E-state index contributed by atoms with van der Waals surface area (Å²) >= 11 is 0. The van der Waals surface area contributed by atoms with Crippen LogP contribution in [0.25, 0.3) is 0 Å². The Morgan fingerprint density at radius 3 is 2.57 bits per heavy atom. The van der Waals surface area contributed by atoms with Crippen LogP contribution in [0.2, 0.25) is 0 Å². The fourth-order valence-corrected chi connectivity index (χ4v) is 4.25. The third-order valence-corrected chi connectivity index (χ3v) is 6.00. The van der Waals surface area contributed by atoms with Gasteiger partial charge in [0.05, 0.1) is 18.2 Å². The molecule has 3 N–H and O–H groups in total. The number of likely N-dealkylation sites (tertiary alicyclic amines) is 1. The Hall–Kier alpha value is -2.12. The van der Waals surface area contributed by atoms with Gasteiger partial charge in [-0.15, -0.1) is 0 Å². The number of piperidine rings is 1. The van der Waals surface area contributed by atoms with Crippen LogP contribution >= 0.6 is 0 Å². The lowest BCUT2D eigenvalue weighted by Crippen LogP contribution is -2.51. The maximum absolute atomic E-state index is 12.9. The SMILES string of the molecule is CO[C@@H]1CC[C@H](C(=O)N2CCC(O)CC2)C[C@H]1NC(=O)c1cc(O)ccc1C. The van der Waals surface area contributed by atoms with E-state index in [2.05, 4.69) is 5.32 Å². The molecule has 1 saturated carbocycles. The molecule has 2 fully saturated rings. The number of aliphatic hydroxyl groups excluding tert-OH is 1. The molecule has 3 atom stereocenters. The van der Waals surface area contributed by atoms with E-state index < -0.39 is 0 Å². The van der Waals surface area contributed by atoms with Gasteiger partial charge in [-0.2, -0.15) is 0 Å². The molecule has 1 aromatic rings. The summed E-state index contributed by atoms with van der Waals surface area (Å²) in [5.74, 6) is -0.274. The van der Waals surface area contributed by atoms with E-state index in [1.807, 2.05) is 11.8 Å². The largest absolute Gasteiger partial charge is 0.508 e. The predicted octanol–water partition coefficient (Wildman–Crippen LogP) is 1.60. The van der Waals surface area contributed by atoms with Crippen molar-refractivity contribution in [2.24, 2.45) is 5.92 Å². The van der Waals surface area contributed by atoms with Gasteiger partial charge >= 0.3 is 0 Å². The lowest BCUT2D eigenvalue weighted by Gasteiger charge is -2.38. The van der Waals surface area contributed by atoms with E-state index in [-0.39, 0.29) is 41.7 Å². The highest BCUT2D eigenvalue weighted by molar-refractivity contribution is 5.96. The van der Waals surface area contributed by atoms with Gasteiger partial charge in [0, 0.05) is 31.7 Å². The van der Waals surface area contributed by atoms with Crippen LogP contribution in [0.15, 0.2) is 18.2 Å². The summed E-state index contributed by atoms with van der Waals surface area (Å²) in [6.07, 6.45) is 2.74. The van der Waals surface area contributed by atoms with Gasteiger partial charge < -0.3 is 25.2 Å². The zero-order valence-electron chi connectivity index (χ0n) is 16.6. The molecule has 0 aromatic heterocycles. The number of hydrogen-bond acceptors (Lipinski definition) is 5. The van der Waals surface area contributed by atoms with Gasteiger partial charge in [-0.05, 0) is 56.7 Å². The van der Waals surface area contributed by atoms with E-state index in [0.29, 0.717) is 44.3 Å². The smallest absolute Gasteiger partial charge is 0.251 e. The summed E-state index contributed by atoms with van der Waals surface area (Å²) in [6, 6.07) is 4.44. The number of benzene rings is 1. The van der Waals surface area contributed by atoms with Crippen LogP contribution in [0.5, 0.6) is 5.75 Å². The third kappa shape index (κ3) is 4.64. The second-order valence-electron chi connectivity index (χ2n) is 7.92. The van der Waals surface area contributed by atoms with Crippen molar-refractivity contribution < 1.29 is 24.5 Å². The number of amides is 2. The third-order valence-electron chi connectivity index (χ3n) is 6.00. The highest BCUT2D eigenvalue weighted by Crippen LogP contribution is 2.29. The van der Waals surface area contributed by atoms with E-state index in [0.717, 1.165) is 12.0 Å². The molecule has 3 rings (SSSR count). The highest BCUT2D eigenvalue weighted by Gasteiger charge is 2.37. The number of carbonyl (C=O) groups excluding carboxylic acids is 2. The second-order valence-corrected chi connectivity index (χ2v) is 7.92. The van der Waals surface area contributed by atoms with Crippen molar-refractivity contribution in [1.82, 2.24) is 10.2 Å². The fraction of sp³-hybridized carbons (Fsp3) is 0.619. The summed E-state index contributed by atoms with van der Waals surface area (Å²) in [5, 5.41) is 22.4. The average Bonchev–Trinajstić information content (AvgIpc) is 2.69. The molecule has 0 bridgehead atoms. The molecule has 1 aliphatic carbocycles. The number of ether oxygens (including phenoxy) is 1.